The summed E-state index contributed by atoms with van der Waals surface area (Å²) in [5.74, 6) is -1.74. The van der Waals surface area contributed by atoms with Gasteiger partial charge in [-0.3, -0.25) is 4.79 Å². The monoisotopic (exact) mass is 286 g/mol. The van der Waals surface area contributed by atoms with Gasteiger partial charge >= 0.3 is 17.9 Å². The standard InChI is InChI=1S/C10H18O2.C4H4O4/c1-2-12-10(11)8-7-9-5-3-4-6-9;5-3(6)1-2-4(7)8/h9H,2-8H2,1H3;1-2H,(H,5,6)(H,7,8)/b;2-1+. The highest BCUT2D eigenvalue weighted by molar-refractivity contribution is 5.89. The van der Waals surface area contributed by atoms with Crippen molar-refractivity contribution in [2.45, 2.75) is 45.4 Å². The molecule has 0 aliphatic heterocycles. The predicted octanol–water partition coefficient (Wildman–Crippen LogP) is 2.23. The maximum absolute atomic E-state index is 11.0. The number of carboxylic acid groups (broad SMARTS) is 2. The third-order valence-corrected chi connectivity index (χ3v) is 2.91. The lowest BCUT2D eigenvalue weighted by atomic mass is 10.0. The third kappa shape index (κ3) is 11.3. The molecule has 6 heteroatoms. The zero-order chi connectivity index (χ0) is 15.4. The van der Waals surface area contributed by atoms with Gasteiger partial charge in [0.25, 0.3) is 0 Å². The minimum absolute atomic E-state index is 0.0237. The second kappa shape index (κ2) is 11.0. The number of carbonyl (C=O) groups is 3. The summed E-state index contributed by atoms with van der Waals surface area (Å²) < 4.78 is 4.86. The summed E-state index contributed by atoms with van der Waals surface area (Å²) in [4.78, 5) is 30.1. The Morgan fingerprint density at radius 1 is 1.10 bits per heavy atom. The topological polar surface area (TPSA) is 101 Å². The Bertz CT molecular complexity index is 326. The molecule has 6 nitrogen and oxygen atoms in total. The minimum atomic E-state index is -1.26. The van der Waals surface area contributed by atoms with E-state index in [9.17, 15) is 14.4 Å². The molecule has 0 atom stereocenters. The van der Waals surface area contributed by atoms with E-state index in [1.54, 1.807) is 0 Å². The molecule has 0 heterocycles. The van der Waals surface area contributed by atoms with Crippen molar-refractivity contribution < 1.29 is 29.3 Å². The molecule has 0 spiro atoms. The van der Waals surface area contributed by atoms with Gasteiger partial charge in [-0.1, -0.05) is 25.7 Å². The zero-order valence-electron chi connectivity index (χ0n) is 11.7. The number of aliphatic carboxylic acids is 2. The lowest BCUT2D eigenvalue weighted by Gasteiger charge is -2.07. The van der Waals surface area contributed by atoms with E-state index in [1.165, 1.54) is 25.7 Å². The number of esters is 1. The van der Waals surface area contributed by atoms with Gasteiger partial charge in [0, 0.05) is 18.6 Å². The summed E-state index contributed by atoms with van der Waals surface area (Å²) in [6.07, 6.45) is 8.13. The summed E-state index contributed by atoms with van der Waals surface area (Å²) in [6.45, 7) is 2.37. The van der Waals surface area contributed by atoms with E-state index in [1.807, 2.05) is 6.92 Å². The van der Waals surface area contributed by atoms with Crippen LogP contribution in [0.15, 0.2) is 12.2 Å². The Morgan fingerprint density at radius 2 is 1.60 bits per heavy atom. The van der Waals surface area contributed by atoms with Crippen molar-refractivity contribution in [2.24, 2.45) is 5.92 Å². The van der Waals surface area contributed by atoms with Gasteiger partial charge < -0.3 is 14.9 Å². The molecule has 20 heavy (non-hydrogen) atoms. The van der Waals surface area contributed by atoms with Crippen molar-refractivity contribution in [3.05, 3.63) is 12.2 Å². The average Bonchev–Trinajstić information content (AvgIpc) is 2.88. The first-order valence-corrected chi connectivity index (χ1v) is 6.75. The normalized spacial score (nSPS) is 14.7. The van der Waals surface area contributed by atoms with Crippen LogP contribution in [0, 0.1) is 5.92 Å². The van der Waals surface area contributed by atoms with Crippen LogP contribution in [-0.2, 0) is 19.1 Å². The second-order valence-corrected chi connectivity index (χ2v) is 4.50. The van der Waals surface area contributed by atoms with Gasteiger partial charge in [0.1, 0.15) is 0 Å². The number of hydrogen-bond acceptors (Lipinski definition) is 4. The molecule has 0 saturated heterocycles. The van der Waals surface area contributed by atoms with Crippen LogP contribution in [0.4, 0.5) is 0 Å². The molecule has 0 amide bonds. The van der Waals surface area contributed by atoms with Gasteiger partial charge in [-0.25, -0.2) is 9.59 Å². The molecule has 1 saturated carbocycles. The van der Waals surface area contributed by atoms with Crippen LogP contribution in [0.1, 0.15) is 45.4 Å². The number of carbonyl (C=O) groups excluding carboxylic acids is 1. The highest BCUT2D eigenvalue weighted by Gasteiger charge is 2.16. The van der Waals surface area contributed by atoms with Gasteiger partial charge in [-0.15, -0.1) is 0 Å². The van der Waals surface area contributed by atoms with E-state index in [4.69, 9.17) is 14.9 Å². The first-order valence-electron chi connectivity index (χ1n) is 6.75. The molecule has 1 aliphatic rings. The van der Waals surface area contributed by atoms with Crippen molar-refractivity contribution in [1.82, 2.24) is 0 Å². The Hall–Kier alpha value is -1.85. The molecule has 2 N–H and O–H groups in total. The fourth-order valence-corrected chi connectivity index (χ4v) is 2.00. The molecule has 0 radical (unpaired) electrons. The van der Waals surface area contributed by atoms with Crippen LogP contribution in [-0.4, -0.2) is 34.7 Å². The van der Waals surface area contributed by atoms with Crippen molar-refractivity contribution in [2.75, 3.05) is 6.61 Å². The molecule has 0 aromatic carbocycles. The van der Waals surface area contributed by atoms with Crippen LogP contribution in [0.2, 0.25) is 0 Å². The Labute approximate surface area is 118 Å². The molecule has 1 rings (SSSR count). The molecule has 1 fully saturated rings. The Morgan fingerprint density at radius 3 is 2.00 bits per heavy atom. The van der Waals surface area contributed by atoms with E-state index < -0.39 is 11.9 Å². The molecule has 0 bridgehead atoms. The first-order chi connectivity index (χ1) is 9.45. The fourth-order valence-electron chi connectivity index (χ4n) is 2.00. The highest BCUT2D eigenvalue weighted by Crippen LogP contribution is 2.28. The quantitative estimate of drug-likeness (QED) is 0.573. The van der Waals surface area contributed by atoms with Gasteiger partial charge in [-0.2, -0.15) is 0 Å². The van der Waals surface area contributed by atoms with Crippen molar-refractivity contribution >= 4 is 17.9 Å². The highest BCUT2D eigenvalue weighted by atomic mass is 16.5. The maximum atomic E-state index is 11.0. The largest absolute Gasteiger partial charge is 0.478 e. The number of hydrogen-bond donors (Lipinski definition) is 2. The molecular weight excluding hydrogens is 264 g/mol. The minimum Gasteiger partial charge on any atom is -0.478 e. The predicted molar refractivity (Wildman–Crippen MR) is 72.2 cm³/mol. The van der Waals surface area contributed by atoms with Gasteiger partial charge in [0.05, 0.1) is 6.61 Å². The first kappa shape index (κ1) is 18.1. The van der Waals surface area contributed by atoms with Crippen LogP contribution < -0.4 is 0 Å². The molecule has 0 aromatic rings. The molecule has 0 aromatic heterocycles. The van der Waals surface area contributed by atoms with E-state index in [0.717, 1.165) is 12.3 Å². The van der Waals surface area contributed by atoms with Crippen molar-refractivity contribution in [1.29, 1.82) is 0 Å². The summed E-state index contributed by atoms with van der Waals surface area (Å²) in [7, 11) is 0. The smallest absolute Gasteiger partial charge is 0.328 e. The zero-order valence-corrected chi connectivity index (χ0v) is 11.7. The lowest BCUT2D eigenvalue weighted by Crippen LogP contribution is -2.06. The SMILES string of the molecule is CCOC(=O)CCC1CCCC1.O=C(O)/C=C/C(=O)O. The van der Waals surface area contributed by atoms with Crippen LogP contribution in [0.25, 0.3) is 0 Å². The van der Waals surface area contributed by atoms with Gasteiger partial charge in [0.15, 0.2) is 0 Å². The summed E-state index contributed by atoms with van der Waals surface area (Å²) in [6, 6.07) is 0. The van der Waals surface area contributed by atoms with E-state index in [0.29, 0.717) is 25.2 Å². The summed E-state index contributed by atoms with van der Waals surface area (Å²) in [5.41, 5.74) is 0. The molecule has 0 unspecified atom stereocenters. The summed E-state index contributed by atoms with van der Waals surface area (Å²) >= 11 is 0. The lowest BCUT2D eigenvalue weighted by molar-refractivity contribution is -0.143. The van der Waals surface area contributed by atoms with Crippen molar-refractivity contribution in [3.8, 4) is 0 Å². The number of carboxylic acids is 2. The average molecular weight is 286 g/mol. The second-order valence-electron chi connectivity index (χ2n) is 4.50. The van der Waals surface area contributed by atoms with E-state index >= 15 is 0 Å². The van der Waals surface area contributed by atoms with E-state index in [-0.39, 0.29) is 5.97 Å². The molecule has 114 valence electrons. The number of rotatable bonds is 6. The maximum Gasteiger partial charge on any atom is 0.328 e. The van der Waals surface area contributed by atoms with Crippen LogP contribution in [0.5, 0.6) is 0 Å². The van der Waals surface area contributed by atoms with Crippen LogP contribution in [0.3, 0.4) is 0 Å². The molecule has 1 aliphatic carbocycles. The summed E-state index contributed by atoms with van der Waals surface area (Å²) in [5, 5.41) is 15.6. The van der Waals surface area contributed by atoms with Crippen molar-refractivity contribution in [3.63, 3.8) is 0 Å². The number of ether oxygens (including phenoxy) is 1. The Balaban J connectivity index is 0.000000396. The third-order valence-electron chi connectivity index (χ3n) is 2.91. The van der Waals surface area contributed by atoms with Crippen LogP contribution >= 0.6 is 0 Å². The Kier molecular flexibility index (Phi) is 10.00. The molecular formula is C14H22O6. The van der Waals surface area contributed by atoms with Gasteiger partial charge in [-0.05, 0) is 19.3 Å². The fraction of sp³-hybridized carbons (Fsp3) is 0.643. The van der Waals surface area contributed by atoms with Gasteiger partial charge in [0.2, 0.25) is 0 Å². The van der Waals surface area contributed by atoms with E-state index in [2.05, 4.69) is 0 Å².